The zero-order chi connectivity index (χ0) is 23.4. The highest BCUT2D eigenvalue weighted by Crippen LogP contribution is 2.28. The number of hydrogen-bond donors (Lipinski definition) is 1. The van der Waals surface area contributed by atoms with Crippen LogP contribution in [0.5, 0.6) is 5.75 Å². The second-order valence-corrected chi connectivity index (χ2v) is 7.46. The van der Waals surface area contributed by atoms with Crippen LogP contribution in [0.3, 0.4) is 0 Å². The van der Waals surface area contributed by atoms with Crippen LogP contribution in [-0.4, -0.2) is 39.7 Å². The lowest BCUT2D eigenvalue weighted by atomic mass is 10.1. The van der Waals surface area contributed by atoms with Gasteiger partial charge in [-0.05, 0) is 51.0 Å². The average Bonchev–Trinajstić information content (AvgIpc) is 3.08. The molecule has 32 heavy (non-hydrogen) atoms. The van der Waals surface area contributed by atoms with E-state index in [1.807, 2.05) is 26.8 Å². The molecule has 0 aliphatic carbocycles. The van der Waals surface area contributed by atoms with E-state index in [2.05, 4.69) is 20.1 Å². The second-order valence-electron chi connectivity index (χ2n) is 7.05. The Kier molecular flexibility index (Phi) is 7.24. The van der Waals surface area contributed by atoms with Crippen molar-refractivity contribution in [3.05, 3.63) is 51.9 Å². The van der Waals surface area contributed by atoms with Gasteiger partial charge in [-0.3, -0.25) is 9.59 Å². The summed E-state index contributed by atoms with van der Waals surface area (Å²) in [4.78, 5) is 28.6. The first kappa shape index (κ1) is 23.4. The summed E-state index contributed by atoms with van der Waals surface area (Å²) in [5, 5.41) is 6.77. The molecule has 2 aromatic heterocycles. The minimum Gasteiger partial charge on any atom is -0.456 e. The number of rotatable bonds is 8. The third kappa shape index (κ3) is 5.70. The van der Waals surface area contributed by atoms with E-state index in [0.29, 0.717) is 6.42 Å². The fourth-order valence-electron chi connectivity index (χ4n) is 3.22. The zero-order valence-electron chi connectivity index (χ0n) is 17.6. The molecule has 1 N–H and O–H groups in total. The fourth-order valence-corrected chi connectivity index (χ4v) is 3.44. The van der Waals surface area contributed by atoms with Crippen LogP contribution in [0, 0.1) is 20.8 Å². The standard InChI is InChI=1S/C21H21ClF2N4O4/c1-11-8-18-25-12(2)15(13(3)28(18)27-11)5-7-20(30)31-10-19(29)26-14-4-6-17(16(22)9-14)32-21(23)24/h4,6,8-9,21H,5,7,10H2,1-3H3,(H,26,29). The molecule has 0 aliphatic rings. The number of hydrogen-bond acceptors (Lipinski definition) is 6. The topological polar surface area (TPSA) is 94.8 Å². The number of esters is 1. The molecule has 0 spiro atoms. The molecule has 11 heteroatoms. The Morgan fingerprint density at radius 2 is 1.97 bits per heavy atom. The number of alkyl halides is 2. The molecular formula is C21H21ClF2N4O4. The van der Waals surface area contributed by atoms with Crippen molar-refractivity contribution in [2.24, 2.45) is 0 Å². The Labute approximate surface area is 187 Å². The minimum atomic E-state index is -3.01. The van der Waals surface area contributed by atoms with Crippen molar-refractivity contribution < 1.29 is 27.8 Å². The number of anilines is 1. The lowest BCUT2D eigenvalue weighted by molar-refractivity contribution is -0.147. The number of halogens is 3. The normalized spacial score (nSPS) is 11.1. The van der Waals surface area contributed by atoms with E-state index in [4.69, 9.17) is 16.3 Å². The number of nitrogens with zero attached hydrogens (tertiary/aromatic N) is 3. The number of carbonyl (C=O) groups excluding carboxylic acids is 2. The van der Waals surface area contributed by atoms with E-state index in [1.165, 1.54) is 18.2 Å². The number of amides is 1. The van der Waals surface area contributed by atoms with Crippen molar-refractivity contribution in [1.82, 2.24) is 14.6 Å². The lowest BCUT2D eigenvalue weighted by Gasteiger charge is -2.11. The highest BCUT2D eigenvalue weighted by Gasteiger charge is 2.15. The summed E-state index contributed by atoms with van der Waals surface area (Å²) >= 11 is 5.84. The Hall–Kier alpha value is -3.27. The summed E-state index contributed by atoms with van der Waals surface area (Å²) in [6.07, 6.45) is 0.453. The van der Waals surface area contributed by atoms with Gasteiger partial charge in [-0.1, -0.05) is 11.6 Å². The zero-order valence-corrected chi connectivity index (χ0v) is 18.4. The van der Waals surface area contributed by atoms with Crippen LogP contribution in [-0.2, 0) is 20.7 Å². The molecule has 0 bridgehead atoms. The van der Waals surface area contributed by atoms with Crippen molar-refractivity contribution >= 4 is 34.8 Å². The quantitative estimate of drug-likeness (QED) is 0.504. The van der Waals surface area contributed by atoms with Crippen molar-refractivity contribution in [3.8, 4) is 5.75 Å². The fraction of sp³-hybridized carbons (Fsp3) is 0.333. The number of aryl methyl sites for hydroxylation is 3. The van der Waals surface area contributed by atoms with Crippen LogP contribution in [0.2, 0.25) is 5.02 Å². The SMILES string of the molecule is Cc1cc2nc(C)c(CCC(=O)OCC(=O)Nc3ccc(OC(F)F)c(Cl)c3)c(C)n2n1. The molecule has 0 saturated carbocycles. The molecule has 0 saturated heterocycles. The van der Waals surface area contributed by atoms with Crippen LogP contribution in [0.4, 0.5) is 14.5 Å². The summed E-state index contributed by atoms with van der Waals surface area (Å²) < 4.78 is 35.5. The molecule has 8 nitrogen and oxygen atoms in total. The van der Waals surface area contributed by atoms with Gasteiger partial charge in [0.05, 0.1) is 10.7 Å². The predicted octanol–water partition coefficient (Wildman–Crippen LogP) is 4.02. The predicted molar refractivity (Wildman–Crippen MR) is 113 cm³/mol. The van der Waals surface area contributed by atoms with Gasteiger partial charge in [-0.2, -0.15) is 13.9 Å². The number of benzene rings is 1. The van der Waals surface area contributed by atoms with E-state index in [1.54, 1.807) is 4.52 Å². The van der Waals surface area contributed by atoms with Crippen LogP contribution >= 0.6 is 11.6 Å². The van der Waals surface area contributed by atoms with Gasteiger partial charge >= 0.3 is 12.6 Å². The van der Waals surface area contributed by atoms with Gasteiger partial charge in [0, 0.05) is 29.6 Å². The van der Waals surface area contributed by atoms with Crippen molar-refractivity contribution in [2.75, 3.05) is 11.9 Å². The number of ether oxygens (including phenoxy) is 2. The molecule has 3 aromatic rings. The highest BCUT2D eigenvalue weighted by molar-refractivity contribution is 6.32. The molecule has 0 aliphatic heterocycles. The van der Waals surface area contributed by atoms with Crippen molar-refractivity contribution in [2.45, 2.75) is 40.2 Å². The molecule has 3 rings (SSSR count). The molecule has 0 radical (unpaired) electrons. The largest absolute Gasteiger partial charge is 0.456 e. The maximum atomic E-state index is 12.3. The van der Waals surface area contributed by atoms with Crippen LogP contribution in [0.25, 0.3) is 5.65 Å². The Morgan fingerprint density at radius 1 is 1.22 bits per heavy atom. The van der Waals surface area contributed by atoms with Gasteiger partial charge in [0.2, 0.25) is 0 Å². The molecular weight excluding hydrogens is 446 g/mol. The van der Waals surface area contributed by atoms with Crippen molar-refractivity contribution in [3.63, 3.8) is 0 Å². The summed E-state index contributed by atoms with van der Waals surface area (Å²) in [6.45, 7) is 2.14. The molecule has 1 aromatic carbocycles. The molecule has 0 fully saturated rings. The van der Waals surface area contributed by atoms with Gasteiger partial charge in [0.1, 0.15) is 5.75 Å². The van der Waals surface area contributed by atoms with Gasteiger partial charge in [0.25, 0.3) is 5.91 Å². The van der Waals surface area contributed by atoms with Crippen LogP contribution in [0.15, 0.2) is 24.3 Å². The third-order valence-electron chi connectivity index (χ3n) is 4.66. The first-order chi connectivity index (χ1) is 15.1. The Balaban J connectivity index is 1.51. The first-order valence-electron chi connectivity index (χ1n) is 9.66. The van der Waals surface area contributed by atoms with Gasteiger partial charge in [0.15, 0.2) is 12.3 Å². The molecule has 0 unspecified atom stereocenters. The molecule has 0 atom stereocenters. The van der Waals surface area contributed by atoms with Crippen molar-refractivity contribution in [1.29, 1.82) is 0 Å². The summed E-state index contributed by atoms with van der Waals surface area (Å²) in [6, 6.07) is 5.68. The van der Waals surface area contributed by atoms with Crippen LogP contribution < -0.4 is 10.1 Å². The highest BCUT2D eigenvalue weighted by atomic mass is 35.5. The Morgan fingerprint density at radius 3 is 2.66 bits per heavy atom. The van der Waals surface area contributed by atoms with E-state index in [0.717, 1.165) is 28.3 Å². The number of aromatic nitrogens is 3. The summed E-state index contributed by atoms with van der Waals surface area (Å²) in [7, 11) is 0. The van der Waals surface area contributed by atoms with E-state index in [-0.39, 0.29) is 22.9 Å². The number of fused-ring (bicyclic) bond motifs is 1. The molecule has 1 amide bonds. The van der Waals surface area contributed by atoms with E-state index < -0.39 is 25.1 Å². The maximum Gasteiger partial charge on any atom is 0.387 e. The minimum absolute atomic E-state index is 0.0634. The number of carbonyl (C=O) groups is 2. The lowest BCUT2D eigenvalue weighted by Crippen LogP contribution is -2.21. The third-order valence-corrected chi connectivity index (χ3v) is 4.96. The van der Waals surface area contributed by atoms with E-state index in [9.17, 15) is 18.4 Å². The summed E-state index contributed by atoms with van der Waals surface area (Å²) in [5.74, 6) is -1.36. The maximum absolute atomic E-state index is 12.3. The smallest absolute Gasteiger partial charge is 0.387 e. The molecule has 2 heterocycles. The van der Waals surface area contributed by atoms with Gasteiger partial charge < -0.3 is 14.8 Å². The first-order valence-corrected chi connectivity index (χ1v) is 10.0. The summed E-state index contributed by atoms with van der Waals surface area (Å²) in [5.41, 5.74) is 4.42. The second kappa shape index (κ2) is 9.90. The molecule has 170 valence electrons. The van der Waals surface area contributed by atoms with Crippen LogP contribution in [0.1, 0.15) is 29.1 Å². The van der Waals surface area contributed by atoms with E-state index >= 15 is 0 Å². The Bertz CT molecular complexity index is 1170. The van der Waals surface area contributed by atoms with Gasteiger partial charge in [-0.25, -0.2) is 9.50 Å². The average molecular weight is 467 g/mol. The monoisotopic (exact) mass is 466 g/mol. The van der Waals surface area contributed by atoms with Gasteiger partial charge in [-0.15, -0.1) is 0 Å². The number of nitrogens with one attached hydrogen (secondary N) is 1.